The molecule has 2 aliphatic rings. The Labute approximate surface area is 142 Å². The second-order valence-electron chi connectivity index (χ2n) is 6.84. The number of aliphatic hydroxyl groups is 1. The summed E-state index contributed by atoms with van der Waals surface area (Å²) in [7, 11) is 1.62. The number of methoxy groups -OCH3 is 1. The Bertz CT molecular complexity index is 827. The molecule has 3 nitrogen and oxygen atoms in total. The van der Waals surface area contributed by atoms with Gasteiger partial charge in [-0.2, -0.15) is 0 Å². The number of fused-ring (bicyclic) bond motifs is 3. The van der Waals surface area contributed by atoms with Crippen molar-refractivity contribution in [2.24, 2.45) is 5.41 Å². The second kappa shape index (κ2) is 5.23. The van der Waals surface area contributed by atoms with Crippen LogP contribution in [0, 0.1) is 5.41 Å². The lowest BCUT2D eigenvalue weighted by molar-refractivity contribution is -0.122. The first-order valence-electron chi connectivity index (χ1n) is 7.96. The molecule has 0 bridgehead atoms. The number of ether oxygens (including phenoxy) is 1. The van der Waals surface area contributed by atoms with Gasteiger partial charge < -0.3 is 9.84 Å². The quantitative estimate of drug-likeness (QED) is 0.833. The summed E-state index contributed by atoms with van der Waals surface area (Å²) >= 11 is 0. The average molecular weight is 322 g/mol. The summed E-state index contributed by atoms with van der Waals surface area (Å²) < 4.78 is 5.37. The van der Waals surface area contributed by atoms with Crippen molar-refractivity contribution in [3.05, 3.63) is 72.0 Å². The molecule has 0 aromatic heterocycles. The van der Waals surface area contributed by atoms with Crippen molar-refractivity contribution in [1.29, 1.82) is 0 Å². The standard InChI is InChI=1S/C21H22O3/c1-6-10-21(4)17(22)9-11-20(3)16-12-14(24-5)7-8-15(16)13(2)18(23)19(20)21/h6-9,11-12,23H,1-2,10H2,3-5H3/t20-,21-/m1/s1. The second-order valence-corrected chi connectivity index (χ2v) is 6.84. The first-order chi connectivity index (χ1) is 11.3. The SMILES string of the molecule is C=CC[C@]1(C)C(=O)C=C[C@@]2(C)C1=C(O)C(=C)c1ccc(OC)cc12. The molecule has 1 N–H and O–H groups in total. The van der Waals surface area contributed by atoms with Gasteiger partial charge in [0.05, 0.1) is 12.5 Å². The number of carbonyl (C=O) groups is 1. The Hall–Kier alpha value is -2.55. The van der Waals surface area contributed by atoms with Crippen LogP contribution in [0.4, 0.5) is 0 Å². The topological polar surface area (TPSA) is 46.5 Å². The van der Waals surface area contributed by atoms with Crippen LogP contribution in [0.5, 0.6) is 5.75 Å². The average Bonchev–Trinajstić information content (AvgIpc) is 2.56. The van der Waals surface area contributed by atoms with Crippen LogP contribution < -0.4 is 4.74 Å². The van der Waals surface area contributed by atoms with E-state index in [1.165, 1.54) is 0 Å². The molecule has 0 amide bonds. The first kappa shape index (κ1) is 16.3. The van der Waals surface area contributed by atoms with Crippen molar-refractivity contribution in [2.45, 2.75) is 25.7 Å². The minimum atomic E-state index is -0.834. The van der Waals surface area contributed by atoms with E-state index in [-0.39, 0.29) is 11.5 Å². The first-order valence-corrected chi connectivity index (χ1v) is 7.96. The molecule has 0 aliphatic heterocycles. The van der Waals surface area contributed by atoms with E-state index < -0.39 is 10.8 Å². The van der Waals surface area contributed by atoms with Gasteiger partial charge in [0.25, 0.3) is 0 Å². The molecule has 0 saturated heterocycles. The summed E-state index contributed by atoms with van der Waals surface area (Å²) in [5.41, 5.74) is 1.66. The normalized spacial score (nSPS) is 28.5. The van der Waals surface area contributed by atoms with Gasteiger partial charge in [-0.3, -0.25) is 4.79 Å². The highest BCUT2D eigenvalue weighted by Crippen LogP contribution is 2.56. The highest BCUT2D eigenvalue weighted by atomic mass is 16.5. The van der Waals surface area contributed by atoms with Crippen LogP contribution in [0.3, 0.4) is 0 Å². The van der Waals surface area contributed by atoms with Crippen LogP contribution in [0.2, 0.25) is 0 Å². The molecule has 0 fully saturated rings. The van der Waals surface area contributed by atoms with Gasteiger partial charge in [-0.15, -0.1) is 6.58 Å². The van der Waals surface area contributed by atoms with Crippen LogP contribution in [-0.2, 0) is 10.2 Å². The molecule has 2 aliphatic carbocycles. The zero-order valence-electron chi connectivity index (χ0n) is 14.3. The van der Waals surface area contributed by atoms with Crippen molar-refractivity contribution in [3.8, 4) is 5.75 Å². The Morgan fingerprint density at radius 2 is 2.04 bits per heavy atom. The minimum Gasteiger partial charge on any atom is -0.507 e. The van der Waals surface area contributed by atoms with Gasteiger partial charge in [-0.1, -0.05) is 24.8 Å². The molecule has 0 spiro atoms. The highest BCUT2D eigenvalue weighted by Gasteiger charge is 2.51. The lowest BCUT2D eigenvalue weighted by atomic mass is 9.55. The maximum Gasteiger partial charge on any atom is 0.165 e. The monoisotopic (exact) mass is 322 g/mol. The number of hydrogen-bond acceptors (Lipinski definition) is 3. The van der Waals surface area contributed by atoms with E-state index >= 15 is 0 Å². The van der Waals surface area contributed by atoms with Crippen molar-refractivity contribution < 1.29 is 14.6 Å². The number of rotatable bonds is 3. The fourth-order valence-corrected chi connectivity index (χ4v) is 4.05. The molecule has 0 radical (unpaired) electrons. The number of aliphatic hydroxyl groups excluding tert-OH is 1. The Morgan fingerprint density at radius 1 is 1.33 bits per heavy atom. The predicted octanol–water partition coefficient (Wildman–Crippen LogP) is 4.51. The Kier molecular flexibility index (Phi) is 3.56. The number of hydrogen-bond donors (Lipinski definition) is 1. The van der Waals surface area contributed by atoms with E-state index in [1.807, 2.05) is 38.1 Å². The molecule has 124 valence electrons. The van der Waals surface area contributed by atoms with Crippen molar-refractivity contribution >= 4 is 11.4 Å². The zero-order chi connectivity index (χ0) is 17.7. The summed E-state index contributed by atoms with van der Waals surface area (Å²) in [6.07, 6.45) is 5.67. The Morgan fingerprint density at radius 3 is 2.67 bits per heavy atom. The minimum absolute atomic E-state index is 0.0272. The largest absolute Gasteiger partial charge is 0.507 e. The lowest BCUT2D eigenvalue weighted by Gasteiger charge is -2.47. The van der Waals surface area contributed by atoms with Gasteiger partial charge in [0.2, 0.25) is 0 Å². The van der Waals surface area contributed by atoms with Crippen molar-refractivity contribution in [3.63, 3.8) is 0 Å². The number of ketones is 1. The molecular formula is C21H22O3. The fourth-order valence-electron chi connectivity index (χ4n) is 4.05. The van der Waals surface area contributed by atoms with Gasteiger partial charge in [0.15, 0.2) is 5.78 Å². The number of carbonyl (C=O) groups excluding carboxylic acids is 1. The molecule has 3 heteroatoms. The maximum absolute atomic E-state index is 12.7. The lowest BCUT2D eigenvalue weighted by Crippen LogP contribution is -2.44. The molecule has 2 atom stereocenters. The van der Waals surface area contributed by atoms with Gasteiger partial charge in [0, 0.05) is 16.6 Å². The summed E-state index contributed by atoms with van der Waals surface area (Å²) in [6.45, 7) is 11.7. The molecule has 0 heterocycles. The van der Waals surface area contributed by atoms with Crippen LogP contribution in [0.15, 0.2) is 60.9 Å². The third-order valence-electron chi connectivity index (χ3n) is 5.37. The summed E-state index contributed by atoms with van der Waals surface area (Å²) in [6, 6.07) is 5.72. The zero-order valence-corrected chi connectivity index (χ0v) is 14.3. The van der Waals surface area contributed by atoms with E-state index in [4.69, 9.17) is 4.74 Å². The molecule has 3 rings (SSSR count). The van der Waals surface area contributed by atoms with E-state index in [0.717, 1.165) is 16.9 Å². The fraction of sp³-hybridized carbons (Fsp3) is 0.286. The maximum atomic E-state index is 12.7. The highest BCUT2D eigenvalue weighted by molar-refractivity contribution is 6.02. The van der Waals surface area contributed by atoms with Gasteiger partial charge >= 0.3 is 0 Å². The molecule has 0 saturated carbocycles. The molecule has 1 aromatic rings. The summed E-state index contributed by atoms with van der Waals surface area (Å²) in [4.78, 5) is 12.7. The summed E-state index contributed by atoms with van der Waals surface area (Å²) in [5.74, 6) is 0.817. The van der Waals surface area contributed by atoms with Crippen molar-refractivity contribution in [1.82, 2.24) is 0 Å². The molecule has 1 aromatic carbocycles. The van der Waals surface area contributed by atoms with Crippen molar-refractivity contribution in [2.75, 3.05) is 7.11 Å². The third kappa shape index (κ3) is 1.94. The van der Waals surface area contributed by atoms with E-state index in [9.17, 15) is 9.90 Å². The van der Waals surface area contributed by atoms with Crippen LogP contribution >= 0.6 is 0 Å². The third-order valence-corrected chi connectivity index (χ3v) is 5.37. The molecular weight excluding hydrogens is 300 g/mol. The van der Waals surface area contributed by atoms with Gasteiger partial charge in [-0.05, 0) is 49.6 Å². The summed E-state index contributed by atoms with van der Waals surface area (Å²) in [5, 5.41) is 10.9. The molecule has 24 heavy (non-hydrogen) atoms. The van der Waals surface area contributed by atoms with E-state index in [2.05, 4.69) is 13.2 Å². The van der Waals surface area contributed by atoms with Gasteiger partial charge in [-0.25, -0.2) is 0 Å². The van der Waals surface area contributed by atoms with Crippen LogP contribution in [0.1, 0.15) is 31.4 Å². The number of allylic oxidation sites excluding steroid dienone is 5. The predicted molar refractivity (Wildman–Crippen MR) is 96.1 cm³/mol. The number of benzene rings is 1. The van der Waals surface area contributed by atoms with E-state index in [1.54, 1.807) is 19.3 Å². The smallest absolute Gasteiger partial charge is 0.165 e. The van der Waals surface area contributed by atoms with Crippen LogP contribution in [0.25, 0.3) is 5.57 Å². The molecule has 0 unspecified atom stereocenters. The van der Waals surface area contributed by atoms with E-state index in [0.29, 0.717) is 17.6 Å². The van der Waals surface area contributed by atoms with Gasteiger partial charge in [0.1, 0.15) is 11.5 Å². The Balaban J connectivity index is 2.37. The van der Waals surface area contributed by atoms with Crippen LogP contribution in [-0.4, -0.2) is 18.0 Å².